The Morgan fingerprint density at radius 1 is 1.38 bits per heavy atom. The highest BCUT2D eigenvalue weighted by molar-refractivity contribution is 9.10. The molecule has 0 saturated heterocycles. The first-order valence-electron chi connectivity index (χ1n) is 5.21. The number of pyridine rings is 1. The van der Waals surface area contributed by atoms with E-state index in [-0.39, 0.29) is 5.25 Å². The average molecular weight is 305 g/mol. The summed E-state index contributed by atoms with van der Waals surface area (Å²) < 4.78 is 27.3. The van der Waals surface area contributed by atoms with Crippen molar-refractivity contribution in [1.29, 1.82) is 0 Å². The van der Waals surface area contributed by atoms with Crippen molar-refractivity contribution >= 4 is 31.6 Å². The third kappa shape index (κ3) is 2.55. The fraction of sp³-hybridized carbons (Fsp3) is 0.500. The summed E-state index contributed by atoms with van der Waals surface area (Å²) in [6.45, 7) is 0. The topological polar surface area (TPSA) is 59.1 Å². The third-order valence-electron chi connectivity index (χ3n) is 2.77. The van der Waals surface area contributed by atoms with Crippen LogP contribution in [0.1, 0.15) is 25.7 Å². The van der Waals surface area contributed by atoms with E-state index >= 15 is 0 Å². The van der Waals surface area contributed by atoms with Crippen LogP contribution in [0.3, 0.4) is 0 Å². The number of hydrogen-bond acceptors (Lipinski definition) is 3. The zero-order valence-corrected chi connectivity index (χ0v) is 11.1. The molecular formula is C10H13BrN2O2S. The monoisotopic (exact) mass is 304 g/mol. The van der Waals surface area contributed by atoms with E-state index < -0.39 is 10.0 Å². The van der Waals surface area contributed by atoms with Crippen molar-refractivity contribution in [2.24, 2.45) is 0 Å². The zero-order chi connectivity index (χ0) is 11.6. The van der Waals surface area contributed by atoms with Gasteiger partial charge in [0.2, 0.25) is 10.0 Å². The molecule has 2 rings (SSSR count). The molecule has 0 atom stereocenters. The highest BCUT2D eigenvalue weighted by Crippen LogP contribution is 2.28. The Balaban J connectivity index is 2.18. The lowest BCUT2D eigenvalue weighted by Gasteiger charge is -2.13. The van der Waals surface area contributed by atoms with Gasteiger partial charge < -0.3 is 0 Å². The molecule has 1 aliphatic carbocycles. The molecule has 1 aromatic heterocycles. The number of nitrogens with zero attached hydrogens (tertiary/aromatic N) is 1. The smallest absolute Gasteiger partial charge is 0.235 e. The van der Waals surface area contributed by atoms with Gasteiger partial charge in [0.05, 0.1) is 15.4 Å². The van der Waals surface area contributed by atoms with Gasteiger partial charge in [0.15, 0.2) is 0 Å². The molecule has 0 aromatic carbocycles. The number of halogens is 1. The molecule has 6 heteroatoms. The minimum absolute atomic E-state index is 0.243. The number of rotatable bonds is 3. The van der Waals surface area contributed by atoms with Gasteiger partial charge >= 0.3 is 0 Å². The Morgan fingerprint density at radius 3 is 2.69 bits per heavy atom. The molecule has 0 spiro atoms. The second-order valence-electron chi connectivity index (χ2n) is 3.91. The summed E-state index contributed by atoms with van der Waals surface area (Å²) >= 11 is 3.27. The summed E-state index contributed by atoms with van der Waals surface area (Å²) in [5, 5.41) is -0.243. The highest BCUT2D eigenvalue weighted by Gasteiger charge is 2.28. The SMILES string of the molecule is O=S(=O)(Nc1ccncc1Br)C1CCCC1. The van der Waals surface area contributed by atoms with E-state index in [0.717, 1.165) is 25.7 Å². The van der Waals surface area contributed by atoms with Crippen molar-refractivity contribution < 1.29 is 8.42 Å². The van der Waals surface area contributed by atoms with Crippen LogP contribution in [0.5, 0.6) is 0 Å². The maximum Gasteiger partial charge on any atom is 0.235 e. The quantitative estimate of drug-likeness (QED) is 0.933. The molecule has 0 radical (unpaired) electrons. The molecular weight excluding hydrogens is 292 g/mol. The average Bonchev–Trinajstić information content (AvgIpc) is 2.75. The Hall–Kier alpha value is -0.620. The van der Waals surface area contributed by atoms with Gasteiger partial charge in [-0.2, -0.15) is 0 Å². The van der Waals surface area contributed by atoms with Gasteiger partial charge in [-0.15, -0.1) is 0 Å². The molecule has 0 unspecified atom stereocenters. The maximum atomic E-state index is 12.0. The summed E-state index contributed by atoms with van der Waals surface area (Å²) in [6, 6.07) is 1.65. The predicted molar refractivity (Wildman–Crippen MR) is 66.7 cm³/mol. The van der Waals surface area contributed by atoms with E-state index in [1.807, 2.05) is 0 Å². The Labute approximate surface area is 104 Å². The number of anilines is 1. The van der Waals surface area contributed by atoms with Crippen LogP contribution in [0.2, 0.25) is 0 Å². The summed E-state index contributed by atoms with van der Waals surface area (Å²) in [4.78, 5) is 3.89. The first-order chi connectivity index (χ1) is 7.59. The van der Waals surface area contributed by atoms with Crippen LogP contribution in [0, 0.1) is 0 Å². The lowest BCUT2D eigenvalue weighted by Crippen LogP contribution is -2.25. The van der Waals surface area contributed by atoms with Gasteiger partial charge in [-0.1, -0.05) is 12.8 Å². The fourth-order valence-corrected chi connectivity index (χ4v) is 3.98. The number of nitrogens with one attached hydrogen (secondary N) is 1. The van der Waals surface area contributed by atoms with E-state index in [0.29, 0.717) is 10.2 Å². The van der Waals surface area contributed by atoms with Crippen molar-refractivity contribution in [2.75, 3.05) is 4.72 Å². The van der Waals surface area contributed by atoms with E-state index in [2.05, 4.69) is 25.6 Å². The molecule has 1 N–H and O–H groups in total. The molecule has 1 aliphatic rings. The Kier molecular flexibility index (Phi) is 3.49. The molecule has 0 amide bonds. The number of aromatic nitrogens is 1. The first kappa shape index (κ1) is 11.9. The summed E-state index contributed by atoms with van der Waals surface area (Å²) in [5.74, 6) is 0. The van der Waals surface area contributed by atoms with Crippen molar-refractivity contribution in [3.8, 4) is 0 Å². The normalized spacial score (nSPS) is 17.6. The lowest BCUT2D eigenvalue weighted by atomic mass is 10.4. The van der Waals surface area contributed by atoms with Crippen LogP contribution in [0.15, 0.2) is 22.9 Å². The minimum atomic E-state index is -3.24. The van der Waals surface area contributed by atoms with Crippen LogP contribution in [0.25, 0.3) is 0 Å². The summed E-state index contributed by atoms with van der Waals surface area (Å²) in [5.41, 5.74) is 0.557. The highest BCUT2D eigenvalue weighted by atomic mass is 79.9. The fourth-order valence-electron chi connectivity index (χ4n) is 1.89. The van der Waals surface area contributed by atoms with Gasteiger partial charge in [-0.3, -0.25) is 9.71 Å². The molecule has 1 saturated carbocycles. The number of sulfonamides is 1. The van der Waals surface area contributed by atoms with Gasteiger partial charge in [0.25, 0.3) is 0 Å². The number of hydrogen-bond donors (Lipinski definition) is 1. The van der Waals surface area contributed by atoms with Crippen LogP contribution in [-0.2, 0) is 10.0 Å². The third-order valence-corrected chi connectivity index (χ3v) is 5.25. The van der Waals surface area contributed by atoms with E-state index in [9.17, 15) is 8.42 Å². The molecule has 0 bridgehead atoms. The van der Waals surface area contributed by atoms with Gasteiger partial charge in [0, 0.05) is 12.4 Å². The van der Waals surface area contributed by atoms with Crippen LogP contribution in [-0.4, -0.2) is 18.7 Å². The second-order valence-corrected chi connectivity index (χ2v) is 6.72. The van der Waals surface area contributed by atoms with Crippen LogP contribution >= 0.6 is 15.9 Å². The first-order valence-corrected chi connectivity index (χ1v) is 7.55. The van der Waals surface area contributed by atoms with Crippen LogP contribution < -0.4 is 4.72 Å². The van der Waals surface area contributed by atoms with E-state index in [1.54, 1.807) is 18.5 Å². The Morgan fingerprint density at radius 2 is 2.06 bits per heavy atom. The maximum absolute atomic E-state index is 12.0. The summed E-state index contributed by atoms with van der Waals surface area (Å²) in [6.07, 6.45) is 6.67. The minimum Gasteiger partial charge on any atom is -0.282 e. The molecule has 0 aliphatic heterocycles. The molecule has 1 fully saturated rings. The van der Waals surface area contributed by atoms with Gasteiger partial charge in [-0.05, 0) is 34.8 Å². The largest absolute Gasteiger partial charge is 0.282 e. The standard InChI is InChI=1S/C10H13BrN2O2S/c11-9-7-12-6-5-10(9)13-16(14,15)8-3-1-2-4-8/h5-8H,1-4H2,(H,12,13). The van der Waals surface area contributed by atoms with E-state index in [4.69, 9.17) is 0 Å². The Bertz CT molecular complexity index is 469. The van der Waals surface area contributed by atoms with Crippen LogP contribution in [0.4, 0.5) is 5.69 Å². The van der Waals surface area contributed by atoms with E-state index in [1.165, 1.54) is 0 Å². The molecule has 16 heavy (non-hydrogen) atoms. The van der Waals surface area contributed by atoms with Crippen molar-refractivity contribution in [1.82, 2.24) is 4.98 Å². The molecule has 4 nitrogen and oxygen atoms in total. The van der Waals surface area contributed by atoms with Gasteiger partial charge in [-0.25, -0.2) is 8.42 Å². The van der Waals surface area contributed by atoms with Crippen molar-refractivity contribution in [3.05, 3.63) is 22.9 Å². The van der Waals surface area contributed by atoms with Crippen molar-refractivity contribution in [3.63, 3.8) is 0 Å². The van der Waals surface area contributed by atoms with Gasteiger partial charge in [0.1, 0.15) is 0 Å². The second kappa shape index (κ2) is 4.71. The molecule has 88 valence electrons. The van der Waals surface area contributed by atoms with Crippen molar-refractivity contribution in [2.45, 2.75) is 30.9 Å². The zero-order valence-electron chi connectivity index (χ0n) is 8.69. The predicted octanol–water partition coefficient (Wildman–Crippen LogP) is 2.53. The molecule has 1 heterocycles. The summed E-state index contributed by atoms with van der Waals surface area (Å²) in [7, 11) is -3.24. The lowest BCUT2D eigenvalue weighted by molar-refractivity contribution is 0.585. The molecule has 1 aromatic rings.